The standard InChI is InChI=1S/C14H15N3O2/c1-11(18)7-14(19)16-13-4-2-3-12(8-13)9-17-6-5-15-10-17/h2-6,8,10H,7,9H2,1H3,(H,16,19). The summed E-state index contributed by atoms with van der Waals surface area (Å²) in [7, 11) is 0. The molecule has 1 heterocycles. The predicted molar refractivity (Wildman–Crippen MR) is 71.7 cm³/mol. The number of ketones is 1. The SMILES string of the molecule is CC(=O)CC(=O)Nc1cccc(Cn2ccnc2)c1. The van der Waals surface area contributed by atoms with E-state index in [4.69, 9.17) is 0 Å². The van der Waals surface area contributed by atoms with Crippen LogP contribution >= 0.6 is 0 Å². The zero-order chi connectivity index (χ0) is 13.7. The van der Waals surface area contributed by atoms with Gasteiger partial charge in [0.2, 0.25) is 5.91 Å². The van der Waals surface area contributed by atoms with Gasteiger partial charge in [0, 0.05) is 24.6 Å². The minimum Gasteiger partial charge on any atom is -0.333 e. The third-order valence-corrected chi connectivity index (χ3v) is 2.54. The first kappa shape index (κ1) is 13.0. The van der Waals surface area contributed by atoms with Gasteiger partial charge in [-0.3, -0.25) is 9.59 Å². The normalized spacial score (nSPS) is 10.2. The summed E-state index contributed by atoms with van der Waals surface area (Å²) in [5.41, 5.74) is 1.75. The number of aromatic nitrogens is 2. The fraction of sp³-hybridized carbons (Fsp3) is 0.214. The average molecular weight is 257 g/mol. The third-order valence-electron chi connectivity index (χ3n) is 2.54. The summed E-state index contributed by atoms with van der Waals surface area (Å²) in [6, 6.07) is 7.53. The predicted octanol–water partition coefficient (Wildman–Crippen LogP) is 1.85. The Kier molecular flexibility index (Phi) is 4.07. The van der Waals surface area contributed by atoms with Crippen LogP contribution in [0.25, 0.3) is 0 Å². The molecule has 5 nitrogen and oxygen atoms in total. The molecule has 0 saturated heterocycles. The van der Waals surface area contributed by atoms with E-state index in [0.29, 0.717) is 12.2 Å². The van der Waals surface area contributed by atoms with E-state index in [1.165, 1.54) is 6.92 Å². The highest BCUT2D eigenvalue weighted by molar-refractivity contribution is 6.03. The number of rotatable bonds is 5. The van der Waals surface area contributed by atoms with Gasteiger partial charge in [-0.05, 0) is 24.6 Å². The molecule has 2 rings (SSSR count). The number of Topliss-reactive ketones (excluding diaryl/α,β-unsaturated/α-hetero) is 1. The summed E-state index contributed by atoms with van der Waals surface area (Å²) in [4.78, 5) is 26.3. The number of benzene rings is 1. The molecule has 0 spiro atoms. The van der Waals surface area contributed by atoms with Gasteiger partial charge in [-0.25, -0.2) is 4.98 Å². The van der Waals surface area contributed by atoms with Gasteiger partial charge < -0.3 is 9.88 Å². The van der Waals surface area contributed by atoms with Crippen LogP contribution < -0.4 is 5.32 Å². The number of nitrogens with zero attached hydrogens (tertiary/aromatic N) is 2. The zero-order valence-corrected chi connectivity index (χ0v) is 10.7. The Hall–Kier alpha value is -2.43. The zero-order valence-electron chi connectivity index (χ0n) is 10.7. The second kappa shape index (κ2) is 5.95. The van der Waals surface area contributed by atoms with E-state index in [9.17, 15) is 9.59 Å². The summed E-state index contributed by atoms with van der Waals surface area (Å²) in [5.74, 6) is -0.431. The quantitative estimate of drug-likeness (QED) is 0.831. The molecule has 1 aromatic heterocycles. The van der Waals surface area contributed by atoms with E-state index in [1.807, 2.05) is 29.0 Å². The smallest absolute Gasteiger partial charge is 0.231 e. The molecule has 0 unspecified atom stereocenters. The van der Waals surface area contributed by atoms with Crippen LogP contribution in [0.1, 0.15) is 18.9 Å². The maximum Gasteiger partial charge on any atom is 0.231 e. The minimum atomic E-state index is -0.285. The van der Waals surface area contributed by atoms with Gasteiger partial charge in [0.15, 0.2) is 0 Å². The van der Waals surface area contributed by atoms with Gasteiger partial charge in [0.1, 0.15) is 5.78 Å². The van der Waals surface area contributed by atoms with Crippen LogP contribution in [0.4, 0.5) is 5.69 Å². The Morgan fingerprint density at radius 1 is 1.37 bits per heavy atom. The lowest BCUT2D eigenvalue weighted by Crippen LogP contribution is -2.14. The van der Waals surface area contributed by atoms with E-state index in [-0.39, 0.29) is 18.1 Å². The van der Waals surface area contributed by atoms with Crippen molar-refractivity contribution < 1.29 is 9.59 Å². The molecule has 1 N–H and O–H groups in total. The molecule has 2 aromatic rings. The van der Waals surface area contributed by atoms with Crippen LogP contribution in [0.5, 0.6) is 0 Å². The maximum atomic E-state index is 11.5. The molecule has 0 aliphatic carbocycles. The van der Waals surface area contributed by atoms with Crippen LogP contribution in [0.3, 0.4) is 0 Å². The minimum absolute atomic E-state index is 0.0915. The average Bonchev–Trinajstić information content (AvgIpc) is 2.81. The first-order valence-electron chi connectivity index (χ1n) is 5.97. The molecule has 19 heavy (non-hydrogen) atoms. The topological polar surface area (TPSA) is 64.0 Å². The van der Waals surface area contributed by atoms with Crippen molar-refractivity contribution in [2.45, 2.75) is 19.9 Å². The van der Waals surface area contributed by atoms with Crippen molar-refractivity contribution in [1.29, 1.82) is 0 Å². The van der Waals surface area contributed by atoms with E-state index < -0.39 is 0 Å². The number of hydrogen-bond acceptors (Lipinski definition) is 3. The number of amides is 1. The Morgan fingerprint density at radius 2 is 2.21 bits per heavy atom. The van der Waals surface area contributed by atoms with Crippen LogP contribution in [-0.4, -0.2) is 21.2 Å². The van der Waals surface area contributed by atoms with E-state index in [0.717, 1.165) is 5.56 Å². The van der Waals surface area contributed by atoms with Crippen LogP contribution in [0.15, 0.2) is 43.0 Å². The number of nitrogens with one attached hydrogen (secondary N) is 1. The highest BCUT2D eigenvalue weighted by atomic mass is 16.2. The van der Waals surface area contributed by atoms with Crippen LogP contribution in [-0.2, 0) is 16.1 Å². The van der Waals surface area contributed by atoms with Crippen LogP contribution in [0, 0.1) is 0 Å². The molecule has 0 atom stereocenters. The van der Waals surface area contributed by atoms with Crippen molar-refractivity contribution >= 4 is 17.4 Å². The lowest BCUT2D eigenvalue weighted by molar-refractivity contribution is -0.124. The van der Waals surface area contributed by atoms with E-state index in [1.54, 1.807) is 18.6 Å². The maximum absolute atomic E-state index is 11.5. The molecule has 98 valence electrons. The fourth-order valence-corrected chi connectivity index (χ4v) is 1.77. The molecule has 0 fully saturated rings. The number of imidazole rings is 1. The van der Waals surface area contributed by atoms with Crippen molar-refractivity contribution in [3.05, 3.63) is 48.5 Å². The summed E-state index contributed by atoms with van der Waals surface area (Å²) >= 11 is 0. The van der Waals surface area contributed by atoms with Gasteiger partial charge in [-0.2, -0.15) is 0 Å². The molecular weight excluding hydrogens is 242 g/mol. The van der Waals surface area contributed by atoms with Crippen molar-refractivity contribution in [2.75, 3.05) is 5.32 Å². The fourth-order valence-electron chi connectivity index (χ4n) is 1.77. The number of hydrogen-bond donors (Lipinski definition) is 1. The first-order valence-corrected chi connectivity index (χ1v) is 5.97. The number of carbonyl (C=O) groups is 2. The highest BCUT2D eigenvalue weighted by Crippen LogP contribution is 2.12. The van der Waals surface area contributed by atoms with Crippen molar-refractivity contribution in [3.63, 3.8) is 0 Å². The van der Waals surface area contributed by atoms with Gasteiger partial charge in [-0.15, -0.1) is 0 Å². The lowest BCUT2D eigenvalue weighted by atomic mass is 10.2. The third kappa shape index (κ3) is 4.06. The summed E-state index contributed by atoms with van der Waals surface area (Å²) < 4.78 is 1.94. The molecule has 0 radical (unpaired) electrons. The summed E-state index contributed by atoms with van der Waals surface area (Å²) in [6.45, 7) is 2.09. The van der Waals surface area contributed by atoms with E-state index in [2.05, 4.69) is 10.3 Å². The Balaban J connectivity index is 2.02. The van der Waals surface area contributed by atoms with Crippen molar-refractivity contribution in [2.24, 2.45) is 0 Å². The van der Waals surface area contributed by atoms with Crippen molar-refractivity contribution in [3.8, 4) is 0 Å². The molecule has 0 saturated carbocycles. The molecule has 0 aliphatic heterocycles. The van der Waals surface area contributed by atoms with E-state index >= 15 is 0 Å². The first-order chi connectivity index (χ1) is 9.13. The Labute approximate surface area is 111 Å². The van der Waals surface area contributed by atoms with Gasteiger partial charge in [0.25, 0.3) is 0 Å². The lowest BCUT2D eigenvalue weighted by Gasteiger charge is -2.07. The van der Waals surface area contributed by atoms with Crippen LogP contribution in [0.2, 0.25) is 0 Å². The molecule has 0 aliphatic rings. The second-order valence-electron chi connectivity index (χ2n) is 4.36. The van der Waals surface area contributed by atoms with Crippen molar-refractivity contribution in [1.82, 2.24) is 9.55 Å². The largest absolute Gasteiger partial charge is 0.333 e. The highest BCUT2D eigenvalue weighted by Gasteiger charge is 2.05. The number of carbonyl (C=O) groups excluding carboxylic acids is 2. The Morgan fingerprint density at radius 3 is 2.89 bits per heavy atom. The summed E-state index contributed by atoms with van der Waals surface area (Å²) in [6.07, 6.45) is 5.24. The molecule has 1 amide bonds. The van der Waals surface area contributed by atoms with Gasteiger partial charge in [0.05, 0.1) is 12.7 Å². The number of anilines is 1. The molecular formula is C14H15N3O2. The van der Waals surface area contributed by atoms with Gasteiger partial charge in [-0.1, -0.05) is 12.1 Å². The Bertz CT molecular complexity index is 576. The molecule has 1 aromatic carbocycles. The van der Waals surface area contributed by atoms with Gasteiger partial charge >= 0.3 is 0 Å². The molecule has 0 bridgehead atoms. The molecule has 5 heteroatoms. The summed E-state index contributed by atoms with van der Waals surface area (Å²) in [5, 5.41) is 2.71. The monoisotopic (exact) mass is 257 g/mol. The second-order valence-corrected chi connectivity index (χ2v) is 4.36.